The molecule has 146 valence electrons. The number of hydrogen-bond acceptors (Lipinski definition) is 8. The van der Waals surface area contributed by atoms with Crippen LogP contribution in [0.1, 0.15) is 41.0 Å². The van der Waals surface area contributed by atoms with E-state index in [0.717, 1.165) is 0 Å². The van der Waals surface area contributed by atoms with Crippen LogP contribution in [0.25, 0.3) is 0 Å². The quantitative estimate of drug-likeness (QED) is 0.687. The summed E-state index contributed by atoms with van der Waals surface area (Å²) in [6.07, 6.45) is -0.494. The first-order valence-electron chi connectivity index (χ1n) is 9.08. The molecule has 0 radical (unpaired) electrons. The number of ether oxygens (including phenoxy) is 7. The molecule has 0 aliphatic carbocycles. The van der Waals surface area contributed by atoms with Crippen LogP contribution in [0.2, 0.25) is 0 Å². The summed E-state index contributed by atoms with van der Waals surface area (Å²) in [4.78, 5) is 11.6. The van der Waals surface area contributed by atoms with Crippen molar-refractivity contribution < 1.29 is 38.0 Å². The molecular formula is C18H27O8+. The van der Waals surface area contributed by atoms with Gasteiger partial charge in [0.05, 0.1) is 13.0 Å². The number of rotatable bonds is 3. The zero-order valence-electron chi connectivity index (χ0n) is 15.9. The lowest BCUT2D eigenvalue weighted by Crippen LogP contribution is -2.61. The molecule has 4 aliphatic rings. The minimum Gasteiger partial charge on any atom is -0.348 e. The predicted octanol–water partition coefficient (Wildman–Crippen LogP) is 1.31. The average Bonchev–Trinajstić information content (AvgIpc) is 3.10. The van der Waals surface area contributed by atoms with Crippen molar-refractivity contribution in [1.29, 1.82) is 0 Å². The van der Waals surface area contributed by atoms with Gasteiger partial charge in [0.15, 0.2) is 30.6 Å². The molecule has 0 saturated carbocycles. The highest BCUT2D eigenvalue weighted by Gasteiger charge is 2.71. The van der Waals surface area contributed by atoms with E-state index < -0.39 is 42.0 Å². The van der Waals surface area contributed by atoms with Gasteiger partial charge in [-0.2, -0.15) is 0 Å². The van der Waals surface area contributed by atoms with Gasteiger partial charge in [0.1, 0.15) is 24.4 Å². The van der Waals surface area contributed by atoms with Crippen LogP contribution in [-0.2, 0) is 38.0 Å². The fourth-order valence-corrected chi connectivity index (χ4v) is 4.03. The summed E-state index contributed by atoms with van der Waals surface area (Å²) in [6, 6.07) is 0. The first kappa shape index (κ1) is 18.6. The Kier molecular flexibility index (Phi) is 4.39. The first-order chi connectivity index (χ1) is 12.1. The van der Waals surface area contributed by atoms with Crippen molar-refractivity contribution in [1.82, 2.24) is 0 Å². The molecule has 0 unspecified atom stereocenters. The summed E-state index contributed by atoms with van der Waals surface area (Å²) >= 11 is 0. The van der Waals surface area contributed by atoms with E-state index in [1.807, 2.05) is 34.1 Å². The molecule has 4 saturated heterocycles. The van der Waals surface area contributed by atoms with E-state index in [0.29, 0.717) is 13.2 Å². The van der Waals surface area contributed by atoms with E-state index in [4.69, 9.17) is 33.2 Å². The molecule has 0 aromatic rings. The Morgan fingerprint density at radius 3 is 2.42 bits per heavy atom. The monoisotopic (exact) mass is 371 g/mol. The molecule has 6 atom stereocenters. The number of fused-ring (bicyclic) bond motifs is 2. The molecule has 8 nitrogen and oxygen atoms in total. The third-order valence-corrected chi connectivity index (χ3v) is 4.99. The molecular weight excluding hydrogens is 344 g/mol. The van der Waals surface area contributed by atoms with Crippen LogP contribution in [0.15, 0.2) is 0 Å². The normalized spacial score (nSPS) is 46.3. The number of ketones is 1. The third kappa shape index (κ3) is 3.17. The van der Waals surface area contributed by atoms with Crippen LogP contribution in [0.3, 0.4) is 0 Å². The van der Waals surface area contributed by atoms with Gasteiger partial charge in [-0.1, -0.05) is 0 Å². The smallest absolute Gasteiger partial charge is 0.237 e. The highest BCUT2D eigenvalue weighted by atomic mass is 16.9. The Labute approximate surface area is 153 Å². The van der Waals surface area contributed by atoms with Gasteiger partial charge in [0.25, 0.3) is 0 Å². The Bertz CT molecular complexity index is 576. The maximum atomic E-state index is 11.6. The van der Waals surface area contributed by atoms with Gasteiger partial charge in [0, 0.05) is 0 Å². The molecule has 4 fully saturated rings. The number of carbonyl (C=O) groups is 1. The molecule has 4 rings (SSSR count). The predicted molar refractivity (Wildman–Crippen MR) is 86.8 cm³/mol. The SMILES string of the molecule is CC(=O)C[C@@H]1[CH+]CO[C@@]2(O1)[C@@H]([C@H]1COC(C)(C)O1)O[C@@H]1OC(C)(C)O[C@@H]12. The largest absolute Gasteiger partial charge is 0.348 e. The summed E-state index contributed by atoms with van der Waals surface area (Å²) in [6.45, 7) is 9.54. The standard InChI is InChI=1S/C18H27O8/c1-10(19)8-11-6-7-20-18(23-11)13(12-9-21-16(2,3)24-12)22-15-14(18)25-17(4,5)26-15/h6,11-15H,7-9H2,1-5H3/q+1/t11-,12+,13+,14-,15+,18+/m0/s1. The van der Waals surface area contributed by atoms with Gasteiger partial charge >= 0.3 is 0 Å². The van der Waals surface area contributed by atoms with Crippen molar-refractivity contribution in [2.45, 2.75) is 89.1 Å². The van der Waals surface area contributed by atoms with E-state index in [1.165, 1.54) is 0 Å². The Hall–Kier alpha value is -0.740. The molecule has 0 amide bonds. The molecule has 1 spiro atoms. The molecule has 0 aromatic heterocycles. The molecule has 4 aliphatic heterocycles. The van der Waals surface area contributed by atoms with Crippen molar-refractivity contribution >= 4 is 5.78 Å². The molecule has 0 bridgehead atoms. The Morgan fingerprint density at radius 2 is 1.77 bits per heavy atom. The molecule has 0 N–H and O–H groups in total. The van der Waals surface area contributed by atoms with Gasteiger partial charge in [-0.15, -0.1) is 0 Å². The van der Waals surface area contributed by atoms with E-state index in [9.17, 15) is 4.79 Å². The first-order valence-corrected chi connectivity index (χ1v) is 9.08. The molecule has 0 aromatic carbocycles. The van der Waals surface area contributed by atoms with Crippen LogP contribution < -0.4 is 0 Å². The highest BCUT2D eigenvalue weighted by molar-refractivity contribution is 5.76. The molecule has 4 heterocycles. The van der Waals surface area contributed by atoms with Gasteiger partial charge in [0.2, 0.25) is 11.9 Å². The number of carbonyl (C=O) groups excluding carboxylic acids is 1. The van der Waals surface area contributed by atoms with Crippen LogP contribution >= 0.6 is 0 Å². The van der Waals surface area contributed by atoms with E-state index >= 15 is 0 Å². The summed E-state index contributed by atoms with van der Waals surface area (Å²) in [5.74, 6) is -2.71. The Balaban J connectivity index is 1.62. The van der Waals surface area contributed by atoms with Crippen molar-refractivity contribution in [2.24, 2.45) is 0 Å². The van der Waals surface area contributed by atoms with E-state index in [2.05, 4.69) is 0 Å². The summed E-state index contributed by atoms with van der Waals surface area (Å²) in [7, 11) is 0. The second-order valence-electron chi connectivity index (χ2n) is 8.18. The van der Waals surface area contributed by atoms with Crippen LogP contribution in [-0.4, -0.2) is 67.1 Å². The van der Waals surface area contributed by atoms with E-state index in [-0.39, 0.29) is 18.3 Å². The maximum Gasteiger partial charge on any atom is 0.237 e. The second-order valence-corrected chi connectivity index (χ2v) is 8.18. The van der Waals surface area contributed by atoms with Crippen molar-refractivity contribution in [2.75, 3.05) is 13.2 Å². The lowest BCUT2D eigenvalue weighted by atomic mass is 9.98. The summed E-state index contributed by atoms with van der Waals surface area (Å²) in [5, 5.41) is 0. The van der Waals surface area contributed by atoms with Crippen molar-refractivity contribution in [3.63, 3.8) is 0 Å². The summed E-state index contributed by atoms with van der Waals surface area (Å²) in [5.41, 5.74) is 0. The van der Waals surface area contributed by atoms with Crippen LogP contribution in [0.5, 0.6) is 0 Å². The highest BCUT2D eigenvalue weighted by Crippen LogP contribution is 2.50. The van der Waals surface area contributed by atoms with E-state index in [1.54, 1.807) is 6.92 Å². The minimum atomic E-state index is -1.22. The average molecular weight is 371 g/mol. The molecule has 26 heavy (non-hydrogen) atoms. The number of hydrogen-bond donors (Lipinski definition) is 0. The van der Waals surface area contributed by atoms with Gasteiger partial charge in [-0.3, -0.25) is 9.53 Å². The second kappa shape index (κ2) is 6.13. The fourth-order valence-electron chi connectivity index (χ4n) is 4.03. The molecule has 8 heteroatoms. The lowest BCUT2D eigenvalue weighted by Gasteiger charge is -2.41. The fraction of sp³-hybridized carbons (Fsp3) is 0.889. The zero-order valence-corrected chi connectivity index (χ0v) is 15.9. The van der Waals surface area contributed by atoms with Crippen LogP contribution in [0, 0.1) is 6.42 Å². The van der Waals surface area contributed by atoms with Gasteiger partial charge < -0.3 is 28.4 Å². The summed E-state index contributed by atoms with van der Waals surface area (Å²) < 4.78 is 42.2. The lowest BCUT2D eigenvalue weighted by molar-refractivity contribution is -0.350. The van der Waals surface area contributed by atoms with Crippen molar-refractivity contribution in [3.8, 4) is 0 Å². The van der Waals surface area contributed by atoms with Gasteiger partial charge in [-0.25, -0.2) is 0 Å². The topological polar surface area (TPSA) is 81.7 Å². The third-order valence-electron chi connectivity index (χ3n) is 4.99. The zero-order chi connectivity index (χ0) is 18.7. The van der Waals surface area contributed by atoms with Crippen LogP contribution in [0.4, 0.5) is 0 Å². The van der Waals surface area contributed by atoms with Crippen molar-refractivity contribution in [3.05, 3.63) is 6.42 Å². The maximum absolute atomic E-state index is 11.6. The minimum absolute atomic E-state index is 0.0424. The van der Waals surface area contributed by atoms with Gasteiger partial charge in [-0.05, 0) is 34.6 Å². The Morgan fingerprint density at radius 1 is 1.00 bits per heavy atom. The number of Topliss-reactive ketones (excluding diaryl/α,β-unsaturated/α-hetero) is 1.